The zero-order chi connectivity index (χ0) is 22.1. The predicted molar refractivity (Wildman–Crippen MR) is 114 cm³/mol. The Balaban J connectivity index is 1.25. The summed E-state index contributed by atoms with van der Waals surface area (Å²) >= 11 is 0. The van der Waals surface area contributed by atoms with Crippen LogP contribution in [0.1, 0.15) is 46.9 Å². The Bertz CT molecular complexity index is 1150. The number of ether oxygens (including phenoxy) is 1. The summed E-state index contributed by atoms with van der Waals surface area (Å²) in [5.74, 6) is 1.81. The van der Waals surface area contributed by atoms with Crippen LogP contribution in [0.3, 0.4) is 0 Å². The van der Waals surface area contributed by atoms with Crippen LogP contribution in [0.15, 0.2) is 35.1 Å². The molecule has 1 aromatic carbocycles. The fourth-order valence-corrected chi connectivity index (χ4v) is 4.36. The van der Waals surface area contributed by atoms with Gasteiger partial charge in [-0.3, -0.25) is 0 Å². The predicted octanol–water partition coefficient (Wildman–Crippen LogP) is 3.08. The number of nitrogens with one attached hydrogen (secondary N) is 1. The third-order valence-electron chi connectivity index (χ3n) is 6.10. The molecule has 1 aliphatic carbocycles. The number of nitrogens with zero attached hydrogens (tertiary/aromatic N) is 5. The average Bonchev–Trinajstić information content (AvgIpc) is 3.24. The number of hydrogen-bond acceptors (Lipinski definition) is 8. The van der Waals surface area contributed by atoms with E-state index in [0.29, 0.717) is 49.2 Å². The molecule has 1 saturated carbocycles. The van der Waals surface area contributed by atoms with Gasteiger partial charge in [0, 0.05) is 25.1 Å². The lowest BCUT2D eigenvalue weighted by atomic mass is 9.80. The minimum atomic E-state index is -0.458. The molecule has 1 fully saturated rings. The van der Waals surface area contributed by atoms with Crippen molar-refractivity contribution in [2.45, 2.75) is 44.4 Å². The fraction of sp³-hybridized carbons (Fsp3) is 0.391. The van der Waals surface area contributed by atoms with E-state index < -0.39 is 5.82 Å². The largest absolute Gasteiger partial charge is 0.489 e. The average molecular weight is 434 g/mol. The lowest BCUT2D eigenvalue weighted by Gasteiger charge is -2.35. The number of fused-ring (bicyclic) bond motifs is 1. The second-order valence-corrected chi connectivity index (χ2v) is 8.22. The van der Waals surface area contributed by atoms with Gasteiger partial charge < -0.3 is 19.5 Å². The van der Waals surface area contributed by atoms with Crippen LogP contribution in [-0.2, 0) is 19.5 Å². The molecule has 0 bridgehead atoms. The maximum absolute atomic E-state index is 13.1. The fourth-order valence-electron chi connectivity index (χ4n) is 4.36. The third kappa shape index (κ3) is 3.89. The summed E-state index contributed by atoms with van der Waals surface area (Å²) in [4.78, 5) is 10.1. The van der Waals surface area contributed by atoms with Crippen molar-refractivity contribution in [3.63, 3.8) is 0 Å². The van der Waals surface area contributed by atoms with Gasteiger partial charge in [0.15, 0.2) is 11.6 Å². The van der Waals surface area contributed by atoms with Crippen LogP contribution in [-0.4, -0.2) is 34.8 Å². The van der Waals surface area contributed by atoms with E-state index in [-0.39, 0.29) is 6.10 Å². The van der Waals surface area contributed by atoms with Crippen LogP contribution in [0.4, 0.5) is 10.3 Å². The van der Waals surface area contributed by atoms with E-state index in [1.165, 1.54) is 12.4 Å². The van der Waals surface area contributed by atoms with Crippen molar-refractivity contribution < 1.29 is 13.7 Å². The van der Waals surface area contributed by atoms with Crippen LogP contribution >= 0.6 is 0 Å². The zero-order valence-corrected chi connectivity index (χ0v) is 17.7. The quantitative estimate of drug-likeness (QED) is 0.632. The molecule has 9 heteroatoms. The van der Waals surface area contributed by atoms with Crippen molar-refractivity contribution in [2.24, 2.45) is 0 Å². The highest BCUT2D eigenvalue weighted by molar-refractivity contribution is 5.55. The van der Waals surface area contributed by atoms with Crippen molar-refractivity contribution in [3.8, 4) is 11.8 Å². The highest BCUT2D eigenvalue weighted by Gasteiger charge is 2.35. The number of benzene rings is 1. The smallest absolute Gasteiger partial charge is 0.225 e. The van der Waals surface area contributed by atoms with E-state index in [4.69, 9.17) is 9.26 Å². The van der Waals surface area contributed by atoms with Gasteiger partial charge in [-0.25, -0.2) is 14.4 Å². The van der Waals surface area contributed by atoms with Gasteiger partial charge in [-0.15, -0.1) is 0 Å². The van der Waals surface area contributed by atoms with Gasteiger partial charge in [0.25, 0.3) is 0 Å². The Hall–Kier alpha value is -3.51. The molecule has 32 heavy (non-hydrogen) atoms. The molecule has 0 unspecified atom stereocenters. The molecule has 164 valence electrons. The Morgan fingerprint density at radius 3 is 2.88 bits per heavy atom. The Morgan fingerprint density at radius 2 is 2.12 bits per heavy atom. The van der Waals surface area contributed by atoms with Crippen molar-refractivity contribution in [1.29, 1.82) is 5.26 Å². The molecule has 0 amide bonds. The number of hydrogen-bond donors (Lipinski definition) is 1. The summed E-state index contributed by atoms with van der Waals surface area (Å²) in [5, 5.41) is 17.1. The standard InChI is InChI=1S/C23H23FN6O2/c1-26-12-18-8-21(29-32-18)15-6-17(7-15)31-22-3-2-14-13-30(5-4-19(14)20(22)9-25)23-27-10-16(24)11-28-23/h2-3,8,10-11,15,17,26H,4-7,12-13H2,1H3. The minimum Gasteiger partial charge on any atom is -0.489 e. The van der Waals surface area contributed by atoms with Gasteiger partial charge in [-0.1, -0.05) is 11.2 Å². The van der Waals surface area contributed by atoms with Gasteiger partial charge in [-0.2, -0.15) is 5.26 Å². The second-order valence-electron chi connectivity index (χ2n) is 8.22. The number of rotatable bonds is 6. The first-order chi connectivity index (χ1) is 15.6. The van der Waals surface area contributed by atoms with E-state index in [1.54, 1.807) is 0 Å². The SMILES string of the molecule is CNCc1cc(C2CC(Oc3ccc4c(c3C#N)CCN(c3ncc(F)cn3)C4)C2)no1. The molecule has 3 aromatic rings. The summed E-state index contributed by atoms with van der Waals surface area (Å²) in [7, 11) is 1.87. The molecule has 3 heterocycles. The summed E-state index contributed by atoms with van der Waals surface area (Å²) in [6.45, 7) is 1.89. The minimum absolute atomic E-state index is 0.0577. The van der Waals surface area contributed by atoms with Crippen LogP contribution in [0.2, 0.25) is 0 Å². The summed E-state index contributed by atoms with van der Waals surface area (Å²) in [5.41, 5.74) is 3.61. The van der Waals surface area contributed by atoms with Crippen LogP contribution in [0.5, 0.6) is 5.75 Å². The second kappa shape index (κ2) is 8.55. The van der Waals surface area contributed by atoms with Crippen molar-refractivity contribution >= 4 is 5.95 Å². The van der Waals surface area contributed by atoms with Gasteiger partial charge in [0.05, 0.1) is 30.2 Å². The van der Waals surface area contributed by atoms with Gasteiger partial charge in [0.1, 0.15) is 17.9 Å². The first-order valence-corrected chi connectivity index (χ1v) is 10.7. The van der Waals surface area contributed by atoms with E-state index >= 15 is 0 Å². The number of nitriles is 1. The van der Waals surface area contributed by atoms with E-state index in [2.05, 4.69) is 26.5 Å². The monoisotopic (exact) mass is 434 g/mol. The molecule has 5 rings (SSSR count). The summed E-state index contributed by atoms with van der Waals surface area (Å²) < 4.78 is 24.7. The van der Waals surface area contributed by atoms with Crippen molar-refractivity contribution in [2.75, 3.05) is 18.5 Å². The molecular formula is C23H23FN6O2. The highest BCUT2D eigenvalue weighted by Crippen LogP contribution is 2.40. The normalized spacial score (nSPS) is 19.7. The van der Waals surface area contributed by atoms with Crippen LogP contribution in [0, 0.1) is 17.1 Å². The Kier molecular flexibility index (Phi) is 5.45. The van der Waals surface area contributed by atoms with Gasteiger partial charge >= 0.3 is 0 Å². The molecule has 0 atom stereocenters. The van der Waals surface area contributed by atoms with Gasteiger partial charge in [0.2, 0.25) is 5.95 Å². The van der Waals surface area contributed by atoms with E-state index in [0.717, 1.165) is 35.4 Å². The van der Waals surface area contributed by atoms with Crippen LogP contribution in [0.25, 0.3) is 0 Å². The Morgan fingerprint density at radius 1 is 1.31 bits per heavy atom. The number of anilines is 1. The molecule has 0 spiro atoms. The molecule has 0 radical (unpaired) electrons. The highest BCUT2D eigenvalue weighted by atomic mass is 19.1. The van der Waals surface area contributed by atoms with E-state index in [9.17, 15) is 9.65 Å². The number of aromatic nitrogens is 3. The molecule has 2 aromatic heterocycles. The maximum Gasteiger partial charge on any atom is 0.225 e. The van der Waals surface area contributed by atoms with Crippen LogP contribution < -0.4 is 15.0 Å². The molecule has 2 aliphatic rings. The first kappa shape index (κ1) is 20.4. The lowest BCUT2D eigenvalue weighted by molar-refractivity contribution is 0.0951. The maximum atomic E-state index is 13.1. The van der Waals surface area contributed by atoms with Gasteiger partial charge in [-0.05, 0) is 43.5 Å². The third-order valence-corrected chi connectivity index (χ3v) is 6.10. The molecule has 0 saturated heterocycles. The lowest BCUT2D eigenvalue weighted by Crippen LogP contribution is -2.34. The number of halogens is 1. The molecule has 8 nitrogen and oxygen atoms in total. The topological polar surface area (TPSA) is 100 Å². The first-order valence-electron chi connectivity index (χ1n) is 10.7. The van der Waals surface area contributed by atoms with E-state index in [1.807, 2.05) is 30.1 Å². The molecule has 1 N–H and O–H groups in total. The summed E-state index contributed by atoms with van der Waals surface area (Å²) in [6.07, 6.45) is 4.77. The van der Waals surface area contributed by atoms with Crippen molar-refractivity contribution in [1.82, 2.24) is 20.4 Å². The Labute approximate surface area is 185 Å². The zero-order valence-electron chi connectivity index (χ0n) is 17.7. The summed E-state index contributed by atoms with van der Waals surface area (Å²) in [6, 6.07) is 8.21. The van der Waals surface area contributed by atoms with Crippen molar-refractivity contribution in [3.05, 3.63) is 64.6 Å². The molecular weight excluding hydrogens is 411 g/mol. The molecule has 1 aliphatic heterocycles.